The maximum atomic E-state index is 14.1. The minimum atomic E-state index is -1.56. The number of alkyl halides is 4. The summed E-state index contributed by atoms with van der Waals surface area (Å²) >= 11 is 25.4. The van der Waals surface area contributed by atoms with Crippen LogP contribution in [0.3, 0.4) is 0 Å². The lowest BCUT2D eigenvalue weighted by molar-refractivity contribution is -0.151. The van der Waals surface area contributed by atoms with Crippen molar-refractivity contribution in [2.24, 2.45) is 64.5 Å². The van der Waals surface area contributed by atoms with E-state index in [1.54, 1.807) is 41.5 Å². The molecule has 8 rings (SSSR count). The Morgan fingerprint density at radius 3 is 1.30 bits per heavy atom. The molecule has 2 heterocycles. The minimum absolute atomic E-state index is 0. The Morgan fingerprint density at radius 2 is 0.950 bits per heavy atom. The molecule has 6 saturated carbocycles. The summed E-state index contributed by atoms with van der Waals surface area (Å²) in [6.07, 6.45) is 12.7. The molecule has 2 saturated heterocycles. The number of nitrogens with one attached hydrogen (secondary N) is 3. The topological polar surface area (TPSA) is 336 Å². The maximum absolute atomic E-state index is 14.1. The first-order chi connectivity index (χ1) is 36.7. The van der Waals surface area contributed by atoms with Crippen LogP contribution in [0, 0.1) is 47.3 Å². The van der Waals surface area contributed by atoms with Crippen LogP contribution in [0.4, 0.5) is 9.59 Å². The van der Waals surface area contributed by atoms with E-state index in [0.29, 0.717) is 18.8 Å². The molecule has 456 valence electrons. The molecule has 0 spiro atoms. The number of likely N-dealkylation sites (tertiary alicyclic amines) is 2. The van der Waals surface area contributed by atoms with Crippen LogP contribution in [0.2, 0.25) is 0 Å². The van der Waals surface area contributed by atoms with E-state index in [4.69, 9.17) is 78.2 Å². The molecule has 0 bridgehead atoms. The number of rotatable bonds is 17. The van der Waals surface area contributed by atoms with Gasteiger partial charge < -0.3 is 67.7 Å². The summed E-state index contributed by atoms with van der Waals surface area (Å²) in [6.45, 7) is 10.8. The van der Waals surface area contributed by atoms with Crippen LogP contribution < -0.4 is 33.2 Å². The number of piperidine rings is 2. The van der Waals surface area contributed by atoms with Crippen molar-refractivity contribution in [3.63, 3.8) is 0 Å². The monoisotopic (exact) mass is 1230 g/mol. The number of fused-ring (bicyclic) bond motifs is 2. The molecule has 0 aromatic heterocycles. The number of aliphatic hydroxyl groups is 2. The SMILES string of the molecule is CC(C)(C)OC(=O)N[C@H](C(=O)N1C[C@H]2[C@@H]([C@H]1C(=O)NC(CC1CCC1)C(O)C(N)=O)C2(Cl)Cl)C1CCCCC1.CC(C)(C)OC(=O)N[C@H](C(=O)N1C[C@H]2[C@@H]([C@H]1C(=O)O)C2(Cl)Cl)C1CCCCC1.Cl.NC(=O)C(O)C(N)CC1CCC1. The Hall–Kier alpha value is -3.31. The number of aliphatic hydroxyl groups excluding tert-OH is 2. The number of carbonyl (C=O) groups excluding carboxylic acids is 7. The summed E-state index contributed by atoms with van der Waals surface area (Å²) in [4.78, 5) is 103. The van der Waals surface area contributed by atoms with Crippen LogP contribution in [-0.4, -0.2) is 154 Å². The lowest BCUT2D eigenvalue weighted by Crippen LogP contribution is -2.60. The fraction of sp³-hybridized carbons (Fsp3) is 0.852. The molecule has 0 radical (unpaired) electrons. The van der Waals surface area contributed by atoms with Gasteiger partial charge in [-0.15, -0.1) is 58.8 Å². The standard InChI is InChI=1S/C27H42Cl2N4O6.C19H28Cl2N2O5.C8H16N2O2.ClH/c1-26(2,3)39-25(38)32-19(15-10-5-4-6-11-15)24(37)33-13-16-18(27(16,28)29)20(33)23(36)31-17(21(34)22(30)35)12-14-8-7-9-14;1-18(2,3)28-17(27)22-13(10-7-5-4-6-8-10)15(24)23-9-11-12(19(11,20)21)14(23)16(25)26;9-6(7(11)8(10)12)4-5-2-1-3-5;/h14-21,34H,4-13H2,1-3H3,(H2,30,35)(H,31,36)(H,32,38);10-14H,4-9H2,1-3H3,(H,22,27)(H,25,26);5-7,11H,1-4,9H2,(H2,10,12);1H/t16-,17?,18-,19-,20-,21?;11-,12-,13-,14-;;/m00../s1. The first-order valence-corrected chi connectivity index (χ1v) is 29.8. The quantitative estimate of drug-likeness (QED) is 0.0806. The van der Waals surface area contributed by atoms with Crippen LogP contribution in [0.25, 0.3) is 0 Å². The number of aliphatic carboxylic acids is 1. The molecule has 4 unspecified atom stereocenters. The maximum Gasteiger partial charge on any atom is 0.408 e. The largest absolute Gasteiger partial charge is 0.480 e. The first-order valence-electron chi connectivity index (χ1n) is 28.3. The van der Waals surface area contributed by atoms with Gasteiger partial charge in [0.05, 0.1) is 6.04 Å². The van der Waals surface area contributed by atoms with Gasteiger partial charge in [0.1, 0.15) is 50.1 Å². The molecule has 7 amide bonds. The van der Waals surface area contributed by atoms with Gasteiger partial charge in [0.15, 0.2) is 6.10 Å². The highest BCUT2D eigenvalue weighted by atomic mass is 35.5. The number of halogens is 5. The van der Waals surface area contributed by atoms with Gasteiger partial charge in [-0.05, 0) is 104 Å². The summed E-state index contributed by atoms with van der Waals surface area (Å²) in [7, 11) is 0. The summed E-state index contributed by atoms with van der Waals surface area (Å²) in [5.41, 5.74) is 14.4. The normalized spacial score (nSPS) is 28.1. The zero-order valence-corrected chi connectivity index (χ0v) is 50.7. The number of carboxylic acids is 1. The number of primary amides is 2. The van der Waals surface area contributed by atoms with Crippen LogP contribution in [0.5, 0.6) is 0 Å². The fourth-order valence-electron chi connectivity index (χ4n) is 12.4. The first kappa shape index (κ1) is 67.5. The third-order valence-electron chi connectivity index (χ3n) is 17.2. The molecule has 12 N–H and O–H groups in total. The number of alkyl carbamates (subject to hydrolysis) is 2. The Kier molecular flexibility index (Phi) is 23.3. The van der Waals surface area contributed by atoms with Gasteiger partial charge in [-0.25, -0.2) is 14.4 Å². The Balaban J connectivity index is 0.000000249. The Bertz CT molecular complexity index is 2220. The van der Waals surface area contributed by atoms with Crippen LogP contribution in [-0.2, 0) is 38.2 Å². The summed E-state index contributed by atoms with van der Waals surface area (Å²) < 4.78 is 8.52. The van der Waals surface area contributed by atoms with Crippen molar-refractivity contribution in [2.75, 3.05) is 13.1 Å². The van der Waals surface area contributed by atoms with E-state index < -0.39 is 116 Å². The van der Waals surface area contributed by atoms with Crippen LogP contribution in [0.1, 0.15) is 157 Å². The van der Waals surface area contributed by atoms with E-state index in [1.807, 2.05) is 0 Å². The second kappa shape index (κ2) is 27.6. The number of ether oxygens (including phenoxy) is 2. The number of nitrogens with zero attached hydrogens (tertiary/aromatic N) is 2. The number of hydrogen-bond donors (Lipinski definition) is 9. The van der Waals surface area contributed by atoms with Crippen molar-refractivity contribution < 1.29 is 63.1 Å². The van der Waals surface area contributed by atoms with Gasteiger partial charge in [-0.1, -0.05) is 77.0 Å². The second-order valence-electron chi connectivity index (χ2n) is 25.4. The summed E-state index contributed by atoms with van der Waals surface area (Å²) in [6, 6.07) is -5.12. The van der Waals surface area contributed by atoms with Gasteiger partial charge in [0.25, 0.3) is 0 Å². The van der Waals surface area contributed by atoms with Crippen molar-refractivity contribution >= 4 is 107 Å². The molecule has 6 aliphatic carbocycles. The van der Waals surface area contributed by atoms with Crippen molar-refractivity contribution in [1.82, 2.24) is 25.8 Å². The lowest BCUT2D eigenvalue weighted by atomic mass is 9.79. The highest BCUT2D eigenvalue weighted by molar-refractivity contribution is 6.52. The number of amides is 7. The molecule has 0 aromatic carbocycles. The number of nitrogens with two attached hydrogens (primary N) is 3. The highest BCUT2D eigenvalue weighted by Gasteiger charge is 2.75. The molecule has 2 aliphatic heterocycles. The third kappa shape index (κ3) is 16.9. The third-order valence-corrected chi connectivity index (χ3v) is 19.3. The predicted molar refractivity (Wildman–Crippen MR) is 302 cm³/mol. The zero-order chi connectivity index (χ0) is 58.7. The summed E-state index contributed by atoms with van der Waals surface area (Å²) in [5, 5.41) is 37.6. The molecule has 12 atom stereocenters. The molecule has 26 heteroatoms. The van der Waals surface area contributed by atoms with Crippen molar-refractivity contribution in [2.45, 2.75) is 225 Å². The lowest BCUT2D eigenvalue weighted by Gasteiger charge is -2.37. The van der Waals surface area contributed by atoms with E-state index in [0.717, 1.165) is 83.5 Å². The molecule has 21 nitrogen and oxygen atoms in total. The van der Waals surface area contributed by atoms with E-state index in [1.165, 1.54) is 29.1 Å². The van der Waals surface area contributed by atoms with Gasteiger partial charge in [-0.2, -0.15) is 0 Å². The van der Waals surface area contributed by atoms with E-state index in [-0.39, 0.29) is 66.9 Å². The number of hydrogen-bond acceptors (Lipinski definition) is 13. The van der Waals surface area contributed by atoms with Crippen LogP contribution >= 0.6 is 58.8 Å². The molecular formula is C54H87Cl5N8O13. The molecule has 8 aliphatic rings. The molecular weight excluding hydrogens is 1150 g/mol. The van der Waals surface area contributed by atoms with Crippen molar-refractivity contribution in [3.05, 3.63) is 0 Å². The Labute approximate surface area is 496 Å². The molecule has 8 fully saturated rings. The van der Waals surface area contributed by atoms with Gasteiger partial charge in [0, 0.05) is 42.8 Å². The number of carboxylic acid groups (broad SMARTS) is 1. The number of carbonyl (C=O) groups is 8. The highest BCUT2D eigenvalue weighted by Crippen LogP contribution is 2.66. The van der Waals surface area contributed by atoms with Crippen LogP contribution in [0.15, 0.2) is 0 Å². The van der Waals surface area contributed by atoms with Crippen molar-refractivity contribution in [3.8, 4) is 0 Å². The fourth-order valence-corrected chi connectivity index (χ4v) is 14.1. The molecule has 0 aromatic rings. The van der Waals surface area contributed by atoms with Gasteiger partial charge in [-0.3, -0.25) is 24.0 Å². The average molecular weight is 1230 g/mol. The molecule has 80 heavy (non-hydrogen) atoms. The summed E-state index contributed by atoms with van der Waals surface area (Å²) in [5.74, 6) is -4.90. The predicted octanol–water partition coefficient (Wildman–Crippen LogP) is 5.56. The van der Waals surface area contributed by atoms with E-state index >= 15 is 0 Å². The van der Waals surface area contributed by atoms with Crippen molar-refractivity contribution in [1.29, 1.82) is 0 Å². The smallest absolute Gasteiger partial charge is 0.408 e. The second-order valence-corrected chi connectivity index (χ2v) is 28.3. The van der Waals surface area contributed by atoms with E-state index in [9.17, 15) is 48.6 Å². The van der Waals surface area contributed by atoms with Gasteiger partial charge >= 0.3 is 18.2 Å². The minimum Gasteiger partial charge on any atom is -0.480 e. The van der Waals surface area contributed by atoms with E-state index in [2.05, 4.69) is 16.0 Å². The average Bonchev–Trinajstić information content (AvgIpc) is 3.77. The zero-order valence-electron chi connectivity index (χ0n) is 46.9. The van der Waals surface area contributed by atoms with Gasteiger partial charge in [0.2, 0.25) is 29.5 Å². The Morgan fingerprint density at radius 1 is 0.575 bits per heavy atom.